The Labute approximate surface area is 160 Å². The van der Waals surface area contributed by atoms with Gasteiger partial charge < -0.3 is 4.74 Å². The molecule has 2 unspecified atom stereocenters. The van der Waals surface area contributed by atoms with E-state index in [4.69, 9.17) is 9.73 Å². The number of aryl methyl sites for hydroxylation is 1. The summed E-state index contributed by atoms with van der Waals surface area (Å²) in [6.07, 6.45) is 9.91. The Hall–Kier alpha value is -3.72. The van der Waals surface area contributed by atoms with Gasteiger partial charge in [0.15, 0.2) is 11.2 Å². The van der Waals surface area contributed by atoms with Crippen molar-refractivity contribution in [2.45, 2.75) is 25.9 Å². The van der Waals surface area contributed by atoms with Gasteiger partial charge in [-0.05, 0) is 24.6 Å². The summed E-state index contributed by atoms with van der Waals surface area (Å²) in [5.41, 5.74) is 3.20. The van der Waals surface area contributed by atoms with Crippen molar-refractivity contribution in [3.8, 4) is 17.6 Å². The van der Waals surface area contributed by atoms with Crippen LogP contribution in [0.1, 0.15) is 29.7 Å². The van der Waals surface area contributed by atoms with Crippen molar-refractivity contribution < 1.29 is 9.53 Å². The van der Waals surface area contributed by atoms with Crippen LogP contribution in [0.2, 0.25) is 0 Å². The molecule has 0 saturated carbocycles. The first-order valence-corrected chi connectivity index (χ1v) is 9.04. The van der Waals surface area contributed by atoms with Crippen LogP contribution in [0.15, 0.2) is 52.5 Å². The number of ether oxygens (including phenoxy) is 1. The first kappa shape index (κ1) is 16.5. The van der Waals surface area contributed by atoms with Crippen molar-refractivity contribution >= 4 is 12.0 Å². The van der Waals surface area contributed by atoms with Gasteiger partial charge in [0.1, 0.15) is 22.9 Å². The van der Waals surface area contributed by atoms with Crippen LogP contribution >= 0.6 is 0 Å². The number of benzene rings is 1. The monoisotopic (exact) mass is 368 g/mol. The zero-order valence-electron chi connectivity index (χ0n) is 15.4. The summed E-state index contributed by atoms with van der Waals surface area (Å²) in [5.74, 6) is 0.709. The van der Waals surface area contributed by atoms with Gasteiger partial charge in [-0.25, -0.2) is 0 Å². The van der Waals surface area contributed by atoms with Crippen LogP contribution < -0.4 is 20.9 Å². The third kappa shape index (κ3) is 2.30. The van der Waals surface area contributed by atoms with E-state index in [9.17, 15) is 10.1 Å². The molecule has 6 heteroatoms. The fourth-order valence-electron chi connectivity index (χ4n) is 3.90. The minimum Gasteiger partial charge on any atom is -0.454 e. The molecule has 1 amide bonds. The van der Waals surface area contributed by atoms with Crippen molar-refractivity contribution in [1.29, 1.82) is 5.26 Å². The Balaban J connectivity index is 1.96. The number of hydrogen-bond donors (Lipinski definition) is 0. The van der Waals surface area contributed by atoms with Gasteiger partial charge in [0.25, 0.3) is 0 Å². The summed E-state index contributed by atoms with van der Waals surface area (Å²) in [6, 6.07) is 7.92. The van der Waals surface area contributed by atoms with Gasteiger partial charge in [0.2, 0.25) is 5.91 Å². The first-order chi connectivity index (χ1) is 13.6. The maximum Gasteiger partial charge on any atom is 0.244 e. The smallest absolute Gasteiger partial charge is 0.244 e. The van der Waals surface area contributed by atoms with Gasteiger partial charge in [0.05, 0.1) is 17.3 Å². The number of nitrogens with zero attached hydrogens (tertiary/aromatic N) is 4. The van der Waals surface area contributed by atoms with Crippen molar-refractivity contribution in [2.75, 3.05) is 0 Å². The predicted molar refractivity (Wildman–Crippen MR) is 102 cm³/mol. The number of carbonyl (C=O) groups excluding carboxylic acids is 1. The molecule has 6 nitrogen and oxygen atoms in total. The quantitative estimate of drug-likeness (QED) is 0.606. The molecule has 2 aromatic rings. The molecule has 3 heterocycles. The van der Waals surface area contributed by atoms with E-state index in [-0.39, 0.29) is 23.6 Å². The topological polar surface area (TPSA) is 79.7 Å². The Kier molecular flexibility index (Phi) is 3.46. The summed E-state index contributed by atoms with van der Waals surface area (Å²) in [5, 5.41) is 10.7. The number of aromatic nitrogens is 1. The third-order valence-corrected chi connectivity index (χ3v) is 5.10. The molecule has 28 heavy (non-hydrogen) atoms. The summed E-state index contributed by atoms with van der Waals surface area (Å²) >= 11 is 0. The van der Waals surface area contributed by atoms with E-state index in [0.717, 1.165) is 16.3 Å². The molecule has 0 spiro atoms. The number of carbonyl (C=O) groups is 1. The lowest BCUT2D eigenvalue weighted by molar-refractivity contribution is -0.116. The van der Waals surface area contributed by atoms with Gasteiger partial charge in [-0.2, -0.15) is 10.3 Å². The summed E-state index contributed by atoms with van der Waals surface area (Å²) < 4.78 is 8.02. The Morgan fingerprint density at radius 1 is 1.32 bits per heavy atom. The van der Waals surface area contributed by atoms with E-state index in [2.05, 4.69) is 11.1 Å². The molecule has 5 rings (SSSR count). The fraction of sp³-hybridized carbons (Fsp3) is 0.182. The van der Waals surface area contributed by atoms with Crippen molar-refractivity contribution in [3.63, 3.8) is 0 Å². The number of rotatable bonds is 0. The number of amides is 1. The highest BCUT2D eigenvalue weighted by atomic mass is 16.5. The lowest BCUT2D eigenvalue weighted by Gasteiger charge is -2.21. The maximum absolute atomic E-state index is 11.9. The van der Waals surface area contributed by atoms with Gasteiger partial charge in [0, 0.05) is 12.5 Å². The van der Waals surface area contributed by atoms with E-state index in [0.29, 0.717) is 22.5 Å². The minimum atomic E-state index is -0.374. The molecule has 0 fully saturated rings. The molecule has 1 aromatic heterocycles. The van der Waals surface area contributed by atoms with E-state index in [1.807, 2.05) is 60.1 Å². The van der Waals surface area contributed by atoms with Crippen LogP contribution in [0, 0.1) is 18.3 Å². The number of allylic oxidation sites excluding steroid dienone is 2. The van der Waals surface area contributed by atoms with Gasteiger partial charge in [-0.1, -0.05) is 36.4 Å². The lowest BCUT2D eigenvalue weighted by Crippen LogP contribution is -2.46. The van der Waals surface area contributed by atoms with Crippen molar-refractivity contribution in [1.82, 2.24) is 4.57 Å². The standard InChI is InChI=1S/C22H16N4O2/c1-12-7-8-14-10-15-20(28-19(14)9-12)16(11-23)22(24-13(2)27)26-18-6-4-3-5-17(18)25-21(15)26/h3-10,17-18H,1-2H3/b24-22-. The lowest BCUT2D eigenvalue weighted by atomic mass is 10.0. The van der Waals surface area contributed by atoms with E-state index < -0.39 is 0 Å². The predicted octanol–water partition coefficient (Wildman–Crippen LogP) is 1.72. The molecule has 136 valence electrons. The number of fused-ring (bicyclic) bond motifs is 6. The highest BCUT2D eigenvalue weighted by Gasteiger charge is 2.31. The minimum absolute atomic E-state index is 0.100. The number of nitriles is 1. The highest BCUT2D eigenvalue weighted by Crippen LogP contribution is 2.30. The van der Waals surface area contributed by atoms with Crippen LogP contribution in [0.5, 0.6) is 11.5 Å². The molecule has 0 radical (unpaired) electrons. The Bertz CT molecular complexity index is 1350. The normalized spacial score (nSPS) is 20.7. The summed E-state index contributed by atoms with van der Waals surface area (Å²) in [4.78, 5) is 20.9. The maximum atomic E-state index is 11.9. The second-order valence-corrected chi connectivity index (χ2v) is 7.05. The van der Waals surface area contributed by atoms with E-state index in [1.54, 1.807) is 0 Å². The molecule has 0 N–H and O–H groups in total. The van der Waals surface area contributed by atoms with Crippen molar-refractivity contribution in [3.05, 3.63) is 75.4 Å². The Morgan fingerprint density at radius 3 is 2.93 bits per heavy atom. The fourth-order valence-corrected chi connectivity index (χ4v) is 3.90. The van der Waals surface area contributed by atoms with Gasteiger partial charge in [-0.3, -0.25) is 14.4 Å². The average molecular weight is 368 g/mol. The molecule has 0 saturated heterocycles. The average Bonchev–Trinajstić information content (AvgIpc) is 3.06. The van der Waals surface area contributed by atoms with Crippen LogP contribution in [-0.4, -0.2) is 16.5 Å². The molecular weight excluding hydrogens is 352 g/mol. The van der Waals surface area contributed by atoms with Gasteiger partial charge in [-0.15, -0.1) is 0 Å². The second-order valence-electron chi connectivity index (χ2n) is 7.05. The highest BCUT2D eigenvalue weighted by molar-refractivity contribution is 5.74. The molecule has 3 aliphatic rings. The molecular formula is C22H16N4O2. The van der Waals surface area contributed by atoms with Crippen molar-refractivity contribution in [2.24, 2.45) is 9.98 Å². The van der Waals surface area contributed by atoms with Crippen LogP contribution in [0.3, 0.4) is 0 Å². The van der Waals surface area contributed by atoms with Crippen LogP contribution in [-0.2, 0) is 4.79 Å². The third-order valence-electron chi connectivity index (χ3n) is 5.10. The zero-order chi connectivity index (χ0) is 19.4. The largest absolute Gasteiger partial charge is 0.454 e. The van der Waals surface area contributed by atoms with E-state index >= 15 is 0 Å². The van der Waals surface area contributed by atoms with Crippen LogP contribution in [0.25, 0.3) is 6.08 Å². The van der Waals surface area contributed by atoms with E-state index in [1.165, 1.54) is 6.92 Å². The SMILES string of the molecule is CC(=O)/N=c1/c(C#N)c2c(c3n1C1C=CC=CC1N=3)=Cc1ccc(C)cc1O2. The Morgan fingerprint density at radius 2 is 2.14 bits per heavy atom. The molecule has 1 aromatic carbocycles. The molecule has 2 aliphatic heterocycles. The number of hydrogen-bond acceptors (Lipinski definition) is 4. The first-order valence-electron chi connectivity index (χ1n) is 9.04. The van der Waals surface area contributed by atoms with Gasteiger partial charge >= 0.3 is 0 Å². The molecule has 1 aliphatic carbocycles. The summed E-state index contributed by atoms with van der Waals surface area (Å²) in [6.45, 7) is 3.36. The second kappa shape index (κ2) is 5.89. The number of pyridine rings is 1. The van der Waals surface area contributed by atoms with Crippen LogP contribution in [0.4, 0.5) is 0 Å². The summed E-state index contributed by atoms with van der Waals surface area (Å²) in [7, 11) is 0. The zero-order valence-corrected chi connectivity index (χ0v) is 15.4. The molecule has 2 atom stereocenters. The molecule has 0 bridgehead atoms.